The van der Waals surface area contributed by atoms with Crippen molar-refractivity contribution in [3.63, 3.8) is 0 Å². The fourth-order valence-electron chi connectivity index (χ4n) is 1.37. The smallest absolute Gasteiger partial charge is 0.220 e. The molecule has 1 aromatic carbocycles. The summed E-state index contributed by atoms with van der Waals surface area (Å²) >= 11 is 0. The molecular formula is C14H19NO3. The summed E-state index contributed by atoms with van der Waals surface area (Å²) in [4.78, 5) is 11.3. The highest BCUT2D eigenvalue weighted by molar-refractivity contribution is 5.75. The van der Waals surface area contributed by atoms with Crippen LogP contribution in [0.3, 0.4) is 0 Å². The van der Waals surface area contributed by atoms with E-state index < -0.39 is 0 Å². The van der Waals surface area contributed by atoms with Gasteiger partial charge in [0.05, 0.1) is 13.7 Å². The van der Waals surface area contributed by atoms with Crippen LogP contribution in [0.15, 0.2) is 36.9 Å². The van der Waals surface area contributed by atoms with Gasteiger partial charge in [-0.3, -0.25) is 4.79 Å². The van der Waals surface area contributed by atoms with Crippen molar-refractivity contribution in [2.24, 2.45) is 0 Å². The van der Waals surface area contributed by atoms with Crippen LogP contribution in [0.4, 0.5) is 0 Å². The van der Waals surface area contributed by atoms with Gasteiger partial charge < -0.3 is 14.8 Å². The maximum absolute atomic E-state index is 11.3. The number of rotatable bonds is 8. The van der Waals surface area contributed by atoms with Crippen LogP contribution in [-0.2, 0) is 4.79 Å². The van der Waals surface area contributed by atoms with Crippen molar-refractivity contribution in [2.45, 2.75) is 12.8 Å². The molecule has 98 valence electrons. The molecule has 0 aliphatic rings. The maximum Gasteiger partial charge on any atom is 0.220 e. The molecule has 1 N–H and O–H groups in total. The molecule has 0 bridgehead atoms. The summed E-state index contributed by atoms with van der Waals surface area (Å²) in [6.07, 6.45) is 2.81. The van der Waals surface area contributed by atoms with Crippen LogP contribution in [0.25, 0.3) is 0 Å². The van der Waals surface area contributed by atoms with Gasteiger partial charge in [0.2, 0.25) is 5.91 Å². The lowest BCUT2D eigenvalue weighted by Gasteiger charge is -2.07. The zero-order valence-electron chi connectivity index (χ0n) is 10.6. The van der Waals surface area contributed by atoms with Crippen LogP contribution < -0.4 is 14.8 Å². The molecule has 0 radical (unpaired) electrons. The van der Waals surface area contributed by atoms with E-state index in [-0.39, 0.29) is 5.91 Å². The molecule has 0 heterocycles. The lowest BCUT2D eigenvalue weighted by Crippen LogP contribution is -2.23. The van der Waals surface area contributed by atoms with Crippen molar-refractivity contribution in [1.82, 2.24) is 5.32 Å². The van der Waals surface area contributed by atoms with Gasteiger partial charge in [0.1, 0.15) is 11.5 Å². The molecule has 18 heavy (non-hydrogen) atoms. The fraction of sp³-hybridized carbons (Fsp3) is 0.357. The van der Waals surface area contributed by atoms with E-state index in [1.807, 2.05) is 24.3 Å². The third-order valence-electron chi connectivity index (χ3n) is 2.32. The third-order valence-corrected chi connectivity index (χ3v) is 2.32. The molecule has 0 atom stereocenters. The molecule has 4 nitrogen and oxygen atoms in total. The van der Waals surface area contributed by atoms with Crippen molar-refractivity contribution in [1.29, 1.82) is 0 Å². The summed E-state index contributed by atoms with van der Waals surface area (Å²) < 4.78 is 10.6. The van der Waals surface area contributed by atoms with Gasteiger partial charge in [0, 0.05) is 13.0 Å². The van der Waals surface area contributed by atoms with E-state index in [0.717, 1.165) is 11.5 Å². The van der Waals surface area contributed by atoms with Gasteiger partial charge in [0.25, 0.3) is 0 Å². The average molecular weight is 249 g/mol. The van der Waals surface area contributed by atoms with Gasteiger partial charge in [-0.1, -0.05) is 6.08 Å². The number of carbonyl (C=O) groups is 1. The maximum atomic E-state index is 11.3. The van der Waals surface area contributed by atoms with E-state index in [1.165, 1.54) is 0 Å². The minimum Gasteiger partial charge on any atom is -0.497 e. The molecule has 0 spiro atoms. The van der Waals surface area contributed by atoms with Crippen LogP contribution in [0.1, 0.15) is 12.8 Å². The fourth-order valence-corrected chi connectivity index (χ4v) is 1.37. The van der Waals surface area contributed by atoms with Crippen molar-refractivity contribution >= 4 is 5.91 Å². The number of nitrogens with one attached hydrogen (secondary N) is 1. The first-order chi connectivity index (χ1) is 8.76. The predicted molar refractivity (Wildman–Crippen MR) is 70.9 cm³/mol. The van der Waals surface area contributed by atoms with E-state index in [9.17, 15) is 4.79 Å². The number of amides is 1. The van der Waals surface area contributed by atoms with Gasteiger partial charge in [-0.25, -0.2) is 0 Å². The molecule has 0 saturated carbocycles. The predicted octanol–water partition coefficient (Wildman–Crippen LogP) is 2.16. The van der Waals surface area contributed by atoms with Gasteiger partial charge >= 0.3 is 0 Å². The monoisotopic (exact) mass is 249 g/mol. The highest BCUT2D eigenvalue weighted by atomic mass is 16.5. The first kappa shape index (κ1) is 14.1. The Kier molecular flexibility index (Phi) is 6.40. The zero-order chi connectivity index (χ0) is 13.2. The van der Waals surface area contributed by atoms with Crippen LogP contribution in [-0.4, -0.2) is 26.2 Å². The molecule has 1 amide bonds. The molecule has 0 aliphatic carbocycles. The lowest BCUT2D eigenvalue weighted by atomic mass is 10.3. The first-order valence-electron chi connectivity index (χ1n) is 5.90. The number of carbonyl (C=O) groups excluding carboxylic acids is 1. The van der Waals surface area contributed by atoms with E-state index in [1.54, 1.807) is 13.2 Å². The molecule has 0 fully saturated rings. The largest absolute Gasteiger partial charge is 0.497 e. The van der Waals surface area contributed by atoms with Gasteiger partial charge in [-0.05, 0) is 30.7 Å². The summed E-state index contributed by atoms with van der Waals surface area (Å²) in [5.41, 5.74) is 0. The van der Waals surface area contributed by atoms with E-state index in [4.69, 9.17) is 9.47 Å². The number of methoxy groups -OCH3 is 1. The summed E-state index contributed by atoms with van der Waals surface area (Å²) in [5, 5.41) is 2.72. The number of hydrogen-bond acceptors (Lipinski definition) is 3. The molecular weight excluding hydrogens is 230 g/mol. The average Bonchev–Trinajstić information content (AvgIpc) is 2.42. The Hall–Kier alpha value is -1.97. The second-order valence-electron chi connectivity index (χ2n) is 3.72. The first-order valence-corrected chi connectivity index (χ1v) is 5.90. The summed E-state index contributed by atoms with van der Waals surface area (Å²) in [7, 11) is 1.62. The topological polar surface area (TPSA) is 47.6 Å². The Bertz CT molecular complexity index is 373. The lowest BCUT2D eigenvalue weighted by molar-refractivity contribution is -0.121. The van der Waals surface area contributed by atoms with Crippen molar-refractivity contribution in [3.05, 3.63) is 36.9 Å². The molecule has 0 unspecified atom stereocenters. The minimum atomic E-state index is 0.0215. The van der Waals surface area contributed by atoms with E-state index in [2.05, 4.69) is 11.9 Å². The second kappa shape index (κ2) is 8.17. The quantitative estimate of drug-likeness (QED) is 0.567. The molecule has 4 heteroatoms. The van der Waals surface area contributed by atoms with Gasteiger partial charge in [-0.15, -0.1) is 6.58 Å². The molecule has 0 aliphatic heterocycles. The van der Waals surface area contributed by atoms with Gasteiger partial charge in [0.15, 0.2) is 0 Å². The molecule has 0 aromatic heterocycles. The summed E-state index contributed by atoms with van der Waals surface area (Å²) in [5.74, 6) is 1.60. The standard InChI is InChI=1S/C14H19NO3/c1-3-10-15-14(16)5-4-11-18-13-8-6-12(17-2)7-9-13/h3,6-9H,1,4-5,10-11H2,2H3,(H,15,16). The highest BCUT2D eigenvalue weighted by Crippen LogP contribution is 2.17. The van der Waals surface area contributed by atoms with Crippen LogP contribution in [0.2, 0.25) is 0 Å². The third kappa shape index (κ3) is 5.39. The van der Waals surface area contributed by atoms with Gasteiger partial charge in [-0.2, -0.15) is 0 Å². The highest BCUT2D eigenvalue weighted by Gasteiger charge is 2.00. The SMILES string of the molecule is C=CCNC(=O)CCCOc1ccc(OC)cc1. The number of benzene rings is 1. The zero-order valence-corrected chi connectivity index (χ0v) is 10.6. The minimum absolute atomic E-state index is 0.0215. The molecule has 0 saturated heterocycles. The molecule has 1 aromatic rings. The van der Waals surface area contributed by atoms with Crippen LogP contribution in [0.5, 0.6) is 11.5 Å². The summed E-state index contributed by atoms with van der Waals surface area (Å²) in [6, 6.07) is 7.37. The molecule has 1 rings (SSSR count). The van der Waals surface area contributed by atoms with E-state index >= 15 is 0 Å². The summed E-state index contributed by atoms with van der Waals surface area (Å²) in [6.45, 7) is 4.57. The van der Waals surface area contributed by atoms with Crippen molar-refractivity contribution in [2.75, 3.05) is 20.3 Å². The van der Waals surface area contributed by atoms with Crippen molar-refractivity contribution in [3.8, 4) is 11.5 Å². The Labute approximate surface area is 108 Å². The Morgan fingerprint density at radius 1 is 1.33 bits per heavy atom. The van der Waals surface area contributed by atoms with Crippen LogP contribution in [0, 0.1) is 0 Å². The Morgan fingerprint density at radius 2 is 2.00 bits per heavy atom. The van der Waals surface area contributed by atoms with Crippen molar-refractivity contribution < 1.29 is 14.3 Å². The number of hydrogen-bond donors (Lipinski definition) is 1. The second-order valence-corrected chi connectivity index (χ2v) is 3.72. The number of ether oxygens (including phenoxy) is 2. The van der Waals surface area contributed by atoms with E-state index in [0.29, 0.717) is 26.0 Å². The van der Waals surface area contributed by atoms with Crippen LogP contribution >= 0.6 is 0 Å². The Morgan fingerprint density at radius 3 is 2.61 bits per heavy atom. The Balaban J connectivity index is 2.17. The normalized spacial score (nSPS) is 9.61.